The molecule has 1 unspecified atom stereocenters. The zero-order valence-electron chi connectivity index (χ0n) is 10.0. The van der Waals surface area contributed by atoms with Crippen LogP contribution in [-0.4, -0.2) is 32.2 Å². The zero-order valence-corrected chi connectivity index (χ0v) is 10.0. The first-order valence-electron chi connectivity index (χ1n) is 5.44. The van der Waals surface area contributed by atoms with Crippen LogP contribution in [0.2, 0.25) is 0 Å². The summed E-state index contributed by atoms with van der Waals surface area (Å²) in [6.45, 7) is 2.54. The molecule has 4 nitrogen and oxygen atoms in total. The van der Waals surface area contributed by atoms with Gasteiger partial charge in [0.25, 0.3) is 0 Å². The molecule has 0 aliphatic rings. The molecule has 0 aromatic heterocycles. The first kappa shape index (κ1) is 13.4. The molecule has 2 N–H and O–H groups in total. The van der Waals surface area contributed by atoms with Crippen LogP contribution in [0, 0.1) is 5.82 Å². The minimum Gasteiger partial charge on any atom is -0.467 e. The lowest BCUT2D eigenvalue weighted by molar-refractivity contribution is -0.142. The summed E-state index contributed by atoms with van der Waals surface area (Å²) < 4.78 is 17.8. The predicted molar refractivity (Wildman–Crippen MR) is 64.3 cm³/mol. The Kier molecular flexibility index (Phi) is 4.90. The van der Waals surface area contributed by atoms with Gasteiger partial charge in [-0.3, -0.25) is 0 Å². The molecular formula is C12H17FN2O2. The van der Waals surface area contributed by atoms with Gasteiger partial charge in [-0.1, -0.05) is 6.07 Å². The fourth-order valence-corrected chi connectivity index (χ4v) is 1.72. The summed E-state index contributed by atoms with van der Waals surface area (Å²) in [6, 6.07) is 5.46. The number of hydrogen-bond donors (Lipinski definition) is 1. The van der Waals surface area contributed by atoms with Crippen molar-refractivity contribution in [2.24, 2.45) is 5.73 Å². The number of carbonyl (C=O) groups excluding carboxylic acids is 1. The predicted octanol–water partition coefficient (Wildman–Crippen LogP) is 1.15. The van der Waals surface area contributed by atoms with Crippen molar-refractivity contribution in [2.75, 3.05) is 25.1 Å². The molecule has 0 amide bonds. The number of rotatable bonds is 5. The van der Waals surface area contributed by atoms with Gasteiger partial charge in [-0.2, -0.15) is 0 Å². The third kappa shape index (κ3) is 3.17. The number of nitrogens with two attached hydrogens (primary N) is 1. The van der Waals surface area contributed by atoms with E-state index in [1.165, 1.54) is 19.2 Å². The summed E-state index contributed by atoms with van der Waals surface area (Å²) in [5.41, 5.74) is 6.18. The Balaban J connectivity index is 3.00. The second kappa shape index (κ2) is 6.20. The van der Waals surface area contributed by atoms with E-state index in [9.17, 15) is 9.18 Å². The molecule has 0 saturated carbocycles. The molecule has 1 atom stereocenters. The van der Waals surface area contributed by atoms with Crippen molar-refractivity contribution in [3.05, 3.63) is 30.1 Å². The van der Waals surface area contributed by atoms with Crippen LogP contribution >= 0.6 is 0 Å². The molecule has 94 valence electrons. The quantitative estimate of drug-likeness (QED) is 0.784. The Morgan fingerprint density at radius 2 is 2.29 bits per heavy atom. The van der Waals surface area contributed by atoms with Gasteiger partial charge in [-0.15, -0.1) is 0 Å². The number of benzene rings is 1. The summed E-state index contributed by atoms with van der Waals surface area (Å²) in [5, 5.41) is 0. The highest BCUT2D eigenvalue weighted by molar-refractivity contribution is 5.80. The minimum atomic E-state index is -0.591. The number of esters is 1. The van der Waals surface area contributed by atoms with Crippen molar-refractivity contribution in [1.29, 1.82) is 0 Å². The zero-order chi connectivity index (χ0) is 12.8. The fourth-order valence-electron chi connectivity index (χ4n) is 1.72. The number of halogens is 1. The highest BCUT2D eigenvalue weighted by Crippen LogP contribution is 2.18. The van der Waals surface area contributed by atoms with Gasteiger partial charge in [0, 0.05) is 18.8 Å². The van der Waals surface area contributed by atoms with E-state index in [0.717, 1.165) is 0 Å². The van der Waals surface area contributed by atoms with Crippen molar-refractivity contribution in [2.45, 2.75) is 13.0 Å². The van der Waals surface area contributed by atoms with Crippen LogP contribution in [0.4, 0.5) is 10.1 Å². The van der Waals surface area contributed by atoms with Crippen LogP contribution in [0.25, 0.3) is 0 Å². The Morgan fingerprint density at radius 1 is 1.59 bits per heavy atom. The molecule has 0 aliphatic carbocycles. The van der Waals surface area contributed by atoms with E-state index in [-0.39, 0.29) is 12.4 Å². The lowest BCUT2D eigenvalue weighted by atomic mass is 10.2. The molecule has 0 spiro atoms. The number of anilines is 1. The first-order valence-corrected chi connectivity index (χ1v) is 5.44. The molecule has 5 heteroatoms. The van der Waals surface area contributed by atoms with Gasteiger partial charge in [-0.05, 0) is 25.1 Å². The molecule has 1 rings (SSSR count). The van der Waals surface area contributed by atoms with E-state index in [4.69, 9.17) is 5.73 Å². The highest BCUT2D eigenvalue weighted by Gasteiger charge is 2.24. The van der Waals surface area contributed by atoms with Gasteiger partial charge in [0.15, 0.2) is 0 Å². The smallest absolute Gasteiger partial charge is 0.329 e. The van der Waals surface area contributed by atoms with Gasteiger partial charge < -0.3 is 15.4 Å². The second-order valence-electron chi connectivity index (χ2n) is 3.54. The molecular weight excluding hydrogens is 223 g/mol. The maximum absolute atomic E-state index is 13.1. The molecule has 0 heterocycles. The number of likely N-dealkylation sites (N-methyl/N-ethyl adjacent to an activating group) is 1. The highest BCUT2D eigenvalue weighted by atomic mass is 19.1. The van der Waals surface area contributed by atoms with Crippen molar-refractivity contribution < 1.29 is 13.9 Å². The number of methoxy groups -OCH3 is 1. The average molecular weight is 240 g/mol. The number of carbonyl (C=O) groups is 1. The average Bonchev–Trinajstić information content (AvgIpc) is 2.34. The molecule has 1 aromatic rings. The normalized spacial score (nSPS) is 12.0. The monoisotopic (exact) mass is 240 g/mol. The number of ether oxygens (including phenoxy) is 1. The van der Waals surface area contributed by atoms with Crippen LogP contribution in [0.1, 0.15) is 6.92 Å². The van der Waals surface area contributed by atoms with Crippen LogP contribution < -0.4 is 10.6 Å². The first-order chi connectivity index (χ1) is 8.13. The summed E-state index contributed by atoms with van der Waals surface area (Å²) in [4.78, 5) is 13.3. The summed E-state index contributed by atoms with van der Waals surface area (Å²) in [7, 11) is 1.31. The molecule has 1 aromatic carbocycles. The van der Waals surface area contributed by atoms with Crippen molar-refractivity contribution in [3.8, 4) is 0 Å². The molecule has 0 saturated heterocycles. The largest absolute Gasteiger partial charge is 0.467 e. The number of nitrogens with zero attached hydrogens (tertiary/aromatic N) is 1. The van der Waals surface area contributed by atoms with Gasteiger partial charge in [0.2, 0.25) is 0 Å². The SMILES string of the molecule is CCN(c1cccc(F)c1)C(CN)C(=O)OC. The van der Waals surface area contributed by atoms with Crippen LogP contribution in [0.5, 0.6) is 0 Å². The van der Waals surface area contributed by atoms with E-state index < -0.39 is 12.0 Å². The Labute approximate surface area is 100 Å². The number of hydrogen-bond acceptors (Lipinski definition) is 4. The Morgan fingerprint density at radius 3 is 2.76 bits per heavy atom. The Hall–Kier alpha value is -1.62. The maximum atomic E-state index is 13.1. The van der Waals surface area contributed by atoms with E-state index in [1.54, 1.807) is 17.0 Å². The lowest BCUT2D eigenvalue weighted by Crippen LogP contribution is -2.47. The molecule has 17 heavy (non-hydrogen) atoms. The van der Waals surface area contributed by atoms with Gasteiger partial charge in [-0.25, -0.2) is 9.18 Å². The third-order valence-corrected chi connectivity index (χ3v) is 2.55. The Bertz CT molecular complexity index is 385. The van der Waals surface area contributed by atoms with E-state index in [0.29, 0.717) is 12.2 Å². The maximum Gasteiger partial charge on any atom is 0.329 e. The van der Waals surface area contributed by atoms with Crippen LogP contribution in [0.3, 0.4) is 0 Å². The van der Waals surface area contributed by atoms with Gasteiger partial charge in [0.1, 0.15) is 11.9 Å². The summed E-state index contributed by atoms with van der Waals surface area (Å²) in [6.07, 6.45) is 0. The molecule has 0 bridgehead atoms. The summed E-state index contributed by atoms with van der Waals surface area (Å²) in [5.74, 6) is -0.764. The standard InChI is InChI=1S/C12H17FN2O2/c1-3-15(11(8-14)12(16)17-2)10-6-4-5-9(13)7-10/h4-7,11H,3,8,14H2,1-2H3. The molecule has 0 aliphatic heterocycles. The topological polar surface area (TPSA) is 55.6 Å². The van der Waals surface area contributed by atoms with Crippen molar-refractivity contribution in [1.82, 2.24) is 0 Å². The third-order valence-electron chi connectivity index (χ3n) is 2.55. The van der Waals surface area contributed by atoms with Crippen LogP contribution in [-0.2, 0) is 9.53 Å². The lowest BCUT2D eigenvalue weighted by Gasteiger charge is -2.29. The van der Waals surface area contributed by atoms with E-state index in [1.807, 2.05) is 6.92 Å². The van der Waals surface area contributed by atoms with Crippen molar-refractivity contribution in [3.63, 3.8) is 0 Å². The van der Waals surface area contributed by atoms with Crippen molar-refractivity contribution >= 4 is 11.7 Å². The van der Waals surface area contributed by atoms with Gasteiger partial charge in [0.05, 0.1) is 7.11 Å². The fraction of sp³-hybridized carbons (Fsp3) is 0.417. The second-order valence-corrected chi connectivity index (χ2v) is 3.54. The molecule has 0 fully saturated rings. The summed E-state index contributed by atoms with van der Waals surface area (Å²) >= 11 is 0. The van der Waals surface area contributed by atoms with Gasteiger partial charge >= 0.3 is 5.97 Å². The molecule has 0 radical (unpaired) electrons. The minimum absolute atomic E-state index is 0.122. The van der Waals surface area contributed by atoms with E-state index in [2.05, 4.69) is 4.74 Å². The van der Waals surface area contributed by atoms with E-state index >= 15 is 0 Å². The van der Waals surface area contributed by atoms with Crippen LogP contribution in [0.15, 0.2) is 24.3 Å².